The Labute approximate surface area is 161 Å². The lowest BCUT2D eigenvalue weighted by Crippen LogP contribution is -2.16. The summed E-state index contributed by atoms with van der Waals surface area (Å²) >= 11 is 7.16. The Morgan fingerprint density at radius 1 is 0.750 bits per heavy atom. The first kappa shape index (κ1) is 17.5. The molecule has 0 aliphatic rings. The number of halogens is 2. The topological polar surface area (TPSA) is 0 Å². The number of fused-ring (bicyclic) bond motifs is 1. The summed E-state index contributed by atoms with van der Waals surface area (Å²) in [6, 6.07) is 19.3. The van der Waals surface area contributed by atoms with Crippen molar-refractivity contribution in [1.82, 2.24) is 0 Å². The van der Waals surface area contributed by atoms with Crippen molar-refractivity contribution >= 4 is 50.7 Å². The lowest BCUT2D eigenvalue weighted by Gasteiger charge is -2.09. The molecule has 3 rings (SSSR count). The van der Waals surface area contributed by atoms with Gasteiger partial charge in [0.25, 0.3) is 0 Å². The highest BCUT2D eigenvalue weighted by molar-refractivity contribution is 9.10. The van der Waals surface area contributed by atoms with Crippen LogP contribution in [0.25, 0.3) is 21.9 Å². The molecule has 0 amide bonds. The van der Waals surface area contributed by atoms with E-state index in [0.717, 1.165) is 14.5 Å². The van der Waals surface area contributed by atoms with Crippen molar-refractivity contribution in [2.75, 3.05) is 0 Å². The van der Waals surface area contributed by atoms with Crippen LogP contribution in [0.1, 0.15) is 5.56 Å². The Morgan fingerprint density at radius 2 is 1.42 bits per heavy atom. The van der Waals surface area contributed by atoms with E-state index < -0.39 is 8.07 Å². The van der Waals surface area contributed by atoms with Crippen LogP contribution in [-0.2, 0) is 0 Å². The van der Waals surface area contributed by atoms with Gasteiger partial charge in [-0.3, -0.25) is 0 Å². The van der Waals surface area contributed by atoms with Crippen LogP contribution >= 0.6 is 31.9 Å². The summed E-state index contributed by atoms with van der Waals surface area (Å²) in [5, 5.41) is 2.47. The second-order valence-corrected chi connectivity index (χ2v) is 13.5. The Hall–Kier alpha value is -1.34. The molecule has 0 spiro atoms. The van der Waals surface area contributed by atoms with Gasteiger partial charge in [0.05, 0.1) is 0 Å². The number of benzene rings is 3. The second kappa shape index (κ2) is 6.88. The molecular formula is C21H18Br2Si. The van der Waals surface area contributed by atoms with Crippen LogP contribution in [0.4, 0.5) is 0 Å². The van der Waals surface area contributed by atoms with Crippen LogP contribution < -0.4 is 0 Å². The summed E-state index contributed by atoms with van der Waals surface area (Å²) in [5.41, 5.74) is 6.95. The van der Waals surface area contributed by atoms with Crippen molar-refractivity contribution in [2.24, 2.45) is 0 Å². The minimum Gasteiger partial charge on any atom is -0.127 e. The number of hydrogen-bond donors (Lipinski definition) is 0. The normalized spacial score (nSPS) is 11.2. The molecule has 0 unspecified atom stereocenters. The van der Waals surface area contributed by atoms with Gasteiger partial charge in [0, 0.05) is 14.5 Å². The number of hydrogen-bond acceptors (Lipinski definition) is 0. The molecule has 0 radical (unpaired) electrons. The van der Waals surface area contributed by atoms with Crippen LogP contribution in [0.3, 0.4) is 0 Å². The van der Waals surface area contributed by atoms with Gasteiger partial charge in [-0.1, -0.05) is 75.6 Å². The molecule has 0 aromatic heterocycles. The van der Waals surface area contributed by atoms with E-state index in [1.807, 2.05) is 0 Å². The maximum Gasteiger partial charge on any atom is 0.129 e. The first-order valence-corrected chi connectivity index (χ1v) is 12.9. The van der Waals surface area contributed by atoms with E-state index in [0.29, 0.717) is 0 Å². The Morgan fingerprint density at radius 3 is 2.17 bits per heavy atom. The van der Waals surface area contributed by atoms with E-state index in [-0.39, 0.29) is 0 Å². The quantitative estimate of drug-likeness (QED) is 0.266. The van der Waals surface area contributed by atoms with Gasteiger partial charge in [-0.15, -0.1) is 5.54 Å². The van der Waals surface area contributed by atoms with E-state index in [9.17, 15) is 0 Å². The van der Waals surface area contributed by atoms with E-state index in [4.69, 9.17) is 0 Å². The zero-order valence-corrected chi connectivity index (χ0v) is 18.1. The highest BCUT2D eigenvalue weighted by atomic mass is 79.9. The molecule has 0 saturated heterocycles. The minimum atomic E-state index is -1.41. The van der Waals surface area contributed by atoms with Crippen molar-refractivity contribution in [2.45, 2.75) is 19.6 Å². The highest BCUT2D eigenvalue weighted by Gasteiger charge is 2.10. The molecule has 0 aliphatic carbocycles. The van der Waals surface area contributed by atoms with Gasteiger partial charge in [0.15, 0.2) is 0 Å². The van der Waals surface area contributed by atoms with Gasteiger partial charge in [0.1, 0.15) is 8.07 Å². The van der Waals surface area contributed by atoms with Gasteiger partial charge in [-0.05, 0) is 58.3 Å². The molecule has 24 heavy (non-hydrogen) atoms. The number of rotatable bonds is 1. The fourth-order valence-corrected chi connectivity index (χ4v) is 3.75. The minimum absolute atomic E-state index is 1.07. The van der Waals surface area contributed by atoms with E-state index in [2.05, 4.69) is 118 Å². The molecule has 0 heterocycles. The predicted molar refractivity (Wildman–Crippen MR) is 115 cm³/mol. The fourth-order valence-electron chi connectivity index (χ4n) is 2.50. The molecule has 0 saturated carbocycles. The third-order valence-electron chi connectivity index (χ3n) is 3.67. The van der Waals surface area contributed by atoms with Gasteiger partial charge < -0.3 is 0 Å². The average molecular weight is 458 g/mol. The fraction of sp³-hybridized carbons (Fsp3) is 0.143. The Bertz CT molecular complexity index is 973. The van der Waals surface area contributed by atoms with Gasteiger partial charge in [-0.25, -0.2) is 0 Å². The third-order valence-corrected chi connectivity index (χ3v) is 5.53. The van der Waals surface area contributed by atoms with Crippen LogP contribution in [0.15, 0.2) is 63.5 Å². The second-order valence-electron chi connectivity index (χ2n) is 6.90. The molecule has 120 valence electrons. The third kappa shape index (κ3) is 4.19. The van der Waals surface area contributed by atoms with Gasteiger partial charge >= 0.3 is 0 Å². The summed E-state index contributed by atoms with van der Waals surface area (Å²) in [6.07, 6.45) is 0. The average Bonchev–Trinajstić information content (AvgIpc) is 2.52. The van der Waals surface area contributed by atoms with Crippen LogP contribution in [-0.4, -0.2) is 8.07 Å². The van der Waals surface area contributed by atoms with Crippen molar-refractivity contribution in [3.8, 4) is 22.6 Å². The van der Waals surface area contributed by atoms with Crippen LogP contribution in [0, 0.1) is 11.5 Å². The summed E-state index contributed by atoms with van der Waals surface area (Å²) in [4.78, 5) is 0. The zero-order valence-electron chi connectivity index (χ0n) is 14.0. The Kier molecular flexibility index (Phi) is 5.01. The van der Waals surface area contributed by atoms with E-state index in [1.165, 1.54) is 21.9 Å². The smallest absolute Gasteiger partial charge is 0.127 e. The molecule has 3 heteroatoms. The van der Waals surface area contributed by atoms with Gasteiger partial charge in [0.2, 0.25) is 0 Å². The van der Waals surface area contributed by atoms with E-state index >= 15 is 0 Å². The zero-order chi connectivity index (χ0) is 17.3. The SMILES string of the molecule is C[Si](C)(C)C#Cc1ccc(Br)cc1-c1ccc2ccc(Br)cc2c1. The molecule has 0 N–H and O–H groups in total. The van der Waals surface area contributed by atoms with Crippen molar-refractivity contribution < 1.29 is 0 Å². The molecule has 0 aliphatic heterocycles. The lowest BCUT2D eigenvalue weighted by atomic mass is 9.97. The van der Waals surface area contributed by atoms with Gasteiger partial charge in [-0.2, -0.15) is 0 Å². The first-order chi connectivity index (χ1) is 11.3. The van der Waals surface area contributed by atoms with Crippen LogP contribution in [0.5, 0.6) is 0 Å². The summed E-state index contributed by atoms with van der Waals surface area (Å²) in [5.74, 6) is 3.42. The lowest BCUT2D eigenvalue weighted by molar-refractivity contribution is 1.57. The summed E-state index contributed by atoms with van der Waals surface area (Å²) in [6.45, 7) is 6.81. The maximum atomic E-state index is 3.60. The molecule has 0 bridgehead atoms. The first-order valence-electron chi connectivity index (χ1n) is 7.84. The van der Waals surface area contributed by atoms with Crippen molar-refractivity contribution in [3.63, 3.8) is 0 Å². The van der Waals surface area contributed by atoms with E-state index in [1.54, 1.807) is 0 Å². The van der Waals surface area contributed by atoms with Crippen molar-refractivity contribution in [1.29, 1.82) is 0 Å². The molecule has 0 fully saturated rings. The molecule has 0 atom stereocenters. The standard InChI is InChI=1S/C21H18Br2Si/c1-24(2,3)11-10-16-7-9-20(23)14-21(16)17-5-4-15-6-8-19(22)13-18(15)12-17/h4-9,12-14H,1-3H3. The van der Waals surface area contributed by atoms with Crippen LogP contribution in [0.2, 0.25) is 19.6 Å². The predicted octanol–water partition coefficient (Wildman–Crippen LogP) is 7.26. The monoisotopic (exact) mass is 456 g/mol. The molecule has 0 nitrogen and oxygen atoms in total. The largest absolute Gasteiger partial charge is 0.129 e. The molecular weight excluding hydrogens is 440 g/mol. The Balaban J connectivity index is 2.17. The summed E-state index contributed by atoms with van der Waals surface area (Å²) < 4.78 is 2.17. The molecule has 3 aromatic rings. The molecule has 3 aromatic carbocycles. The summed E-state index contributed by atoms with van der Waals surface area (Å²) in [7, 11) is -1.41. The maximum absolute atomic E-state index is 3.60. The highest BCUT2D eigenvalue weighted by Crippen LogP contribution is 2.30. The van der Waals surface area contributed by atoms with Crippen molar-refractivity contribution in [3.05, 3.63) is 69.1 Å².